The molecule has 0 aliphatic rings. The summed E-state index contributed by atoms with van der Waals surface area (Å²) in [6.07, 6.45) is 4.66. The Morgan fingerprint density at radius 2 is 1.89 bits per heavy atom. The third-order valence-corrected chi connectivity index (χ3v) is 6.22. The van der Waals surface area contributed by atoms with Gasteiger partial charge in [-0.15, -0.1) is 0 Å². The average molecular weight is 499 g/mol. The van der Waals surface area contributed by atoms with Crippen molar-refractivity contribution in [2.45, 2.75) is 26.7 Å². The predicted octanol–water partition coefficient (Wildman–Crippen LogP) is 3.84. The zero-order chi connectivity index (χ0) is 25.2. The van der Waals surface area contributed by atoms with Gasteiger partial charge in [-0.2, -0.15) is 0 Å². The van der Waals surface area contributed by atoms with E-state index >= 15 is 4.39 Å². The van der Waals surface area contributed by atoms with Gasteiger partial charge in [-0.25, -0.2) is 32.3 Å². The second kappa shape index (κ2) is 9.76. The van der Waals surface area contributed by atoms with Crippen LogP contribution in [0, 0.1) is 12.7 Å². The van der Waals surface area contributed by atoms with E-state index in [2.05, 4.69) is 19.7 Å². The Balaban J connectivity index is 1.76. The molecule has 0 aliphatic carbocycles. The topological polar surface area (TPSA) is 138 Å². The van der Waals surface area contributed by atoms with Crippen LogP contribution in [0.1, 0.15) is 29.2 Å². The van der Waals surface area contributed by atoms with Crippen LogP contribution in [-0.4, -0.2) is 30.4 Å². The Morgan fingerprint density at radius 1 is 1.14 bits per heavy atom. The summed E-state index contributed by atoms with van der Waals surface area (Å²) in [7, 11) is -2.94. The summed E-state index contributed by atoms with van der Waals surface area (Å²) in [4.78, 5) is 24.7. The minimum atomic E-state index is -4.09. The van der Waals surface area contributed by atoms with E-state index in [-0.39, 0.29) is 23.6 Å². The molecule has 4 rings (SSSR count). The first-order valence-electron chi connectivity index (χ1n) is 10.6. The van der Waals surface area contributed by atoms with E-state index in [9.17, 15) is 13.2 Å². The van der Waals surface area contributed by atoms with E-state index in [0.717, 1.165) is 12.6 Å². The summed E-state index contributed by atoms with van der Waals surface area (Å²) in [6, 6.07) is 6.60. The second-order valence-corrected chi connectivity index (χ2v) is 9.04. The zero-order valence-electron chi connectivity index (χ0n) is 19.1. The van der Waals surface area contributed by atoms with Gasteiger partial charge in [0.2, 0.25) is 10.2 Å². The molecule has 0 aliphatic heterocycles. The lowest BCUT2D eigenvalue weighted by molar-refractivity contribution is 0.437. The van der Waals surface area contributed by atoms with Crippen molar-refractivity contribution in [3.8, 4) is 11.8 Å². The van der Waals surface area contributed by atoms with Gasteiger partial charge >= 0.3 is 11.6 Å². The standard InChI is InChI=1S/C23H21FN5O5S/c1-4-15-16-10-13(2)18(34-23-27-7-5-8-28-23)12-19(16)33-22(30)17(15)11-14-6-9-26-21(20(14)24)29-35(31,32)25-3/h5-10,12,25H,4,11H2,1-3H3/q-1. The van der Waals surface area contributed by atoms with E-state index in [1.807, 2.05) is 24.6 Å². The Kier molecular flexibility index (Phi) is 6.76. The fraction of sp³-hybridized carbons (Fsp3) is 0.217. The highest BCUT2D eigenvalue weighted by Crippen LogP contribution is 2.32. The number of hydrogen-bond acceptors (Lipinski definition) is 8. The molecule has 3 aromatic heterocycles. The van der Waals surface area contributed by atoms with Crippen molar-refractivity contribution in [1.82, 2.24) is 19.7 Å². The minimum absolute atomic E-state index is 0.0595. The maximum absolute atomic E-state index is 15.0. The Hall–Kier alpha value is -3.90. The summed E-state index contributed by atoms with van der Waals surface area (Å²) >= 11 is 0. The largest absolute Gasteiger partial charge is 0.440 e. The third kappa shape index (κ3) is 5.12. The number of halogens is 1. The molecule has 1 aromatic carbocycles. The van der Waals surface area contributed by atoms with Crippen LogP contribution in [0.3, 0.4) is 0 Å². The molecule has 3 heterocycles. The van der Waals surface area contributed by atoms with Crippen molar-refractivity contribution in [3.05, 3.63) is 86.1 Å². The van der Waals surface area contributed by atoms with Gasteiger partial charge in [-0.3, -0.25) is 0 Å². The number of fused-ring (bicyclic) bond motifs is 1. The lowest BCUT2D eigenvalue weighted by Crippen LogP contribution is -2.17. The molecule has 0 saturated carbocycles. The summed E-state index contributed by atoms with van der Waals surface area (Å²) in [5.41, 5.74) is 1.42. The van der Waals surface area contributed by atoms with Crippen LogP contribution in [-0.2, 0) is 23.1 Å². The highest BCUT2D eigenvalue weighted by Gasteiger charge is 2.18. The molecule has 10 nitrogen and oxygen atoms in total. The van der Waals surface area contributed by atoms with Gasteiger partial charge in [0, 0.05) is 35.8 Å². The van der Waals surface area contributed by atoms with Crippen molar-refractivity contribution in [1.29, 1.82) is 0 Å². The molecule has 1 N–H and O–H groups in total. The smallest absolute Gasteiger partial charge is 0.340 e. The molecule has 12 heteroatoms. The molecule has 0 bridgehead atoms. The summed E-state index contributed by atoms with van der Waals surface area (Å²) in [5, 5.41) is 0.679. The van der Waals surface area contributed by atoms with Crippen LogP contribution in [0.5, 0.6) is 11.8 Å². The zero-order valence-corrected chi connectivity index (χ0v) is 19.9. The molecular weight excluding hydrogens is 477 g/mol. The lowest BCUT2D eigenvalue weighted by atomic mass is 9.96. The number of aryl methyl sites for hydroxylation is 2. The van der Waals surface area contributed by atoms with Crippen molar-refractivity contribution in [3.63, 3.8) is 0 Å². The highest BCUT2D eigenvalue weighted by molar-refractivity contribution is 7.92. The van der Waals surface area contributed by atoms with Gasteiger partial charge in [-0.05, 0) is 55.0 Å². The van der Waals surface area contributed by atoms with Gasteiger partial charge < -0.3 is 18.9 Å². The Labute approximate surface area is 200 Å². The highest BCUT2D eigenvalue weighted by atomic mass is 32.2. The quantitative estimate of drug-likeness (QED) is 0.362. The fourth-order valence-electron chi connectivity index (χ4n) is 3.59. The van der Waals surface area contributed by atoms with Crippen LogP contribution in [0.25, 0.3) is 15.7 Å². The van der Waals surface area contributed by atoms with Crippen molar-refractivity contribution >= 4 is 27.0 Å². The van der Waals surface area contributed by atoms with Crippen molar-refractivity contribution in [2.24, 2.45) is 0 Å². The maximum Gasteiger partial charge on any atom is 0.340 e. The number of rotatable bonds is 8. The van der Waals surface area contributed by atoms with Crippen LogP contribution in [0.2, 0.25) is 0 Å². The monoisotopic (exact) mass is 498 g/mol. The number of aromatic nitrogens is 3. The third-order valence-electron chi connectivity index (χ3n) is 5.30. The number of ether oxygens (including phenoxy) is 1. The molecule has 35 heavy (non-hydrogen) atoms. The Bertz CT molecular complexity index is 1560. The maximum atomic E-state index is 15.0. The number of hydrogen-bond donors (Lipinski definition) is 1. The molecular formula is C23H21FN5O5S-. The lowest BCUT2D eigenvalue weighted by Gasteiger charge is -2.18. The van der Waals surface area contributed by atoms with Gasteiger partial charge in [0.05, 0.1) is 0 Å². The van der Waals surface area contributed by atoms with E-state index < -0.39 is 27.5 Å². The van der Waals surface area contributed by atoms with E-state index in [1.165, 1.54) is 12.3 Å². The average Bonchev–Trinajstić information content (AvgIpc) is 2.83. The molecule has 4 aromatic rings. The van der Waals surface area contributed by atoms with Crippen LogP contribution in [0.4, 0.5) is 10.2 Å². The van der Waals surface area contributed by atoms with E-state index in [4.69, 9.17) is 9.15 Å². The van der Waals surface area contributed by atoms with Gasteiger partial charge in [0.1, 0.15) is 17.1 Å². The van der Waals surface area contributed by atoms with Gasteiger partial charge in [0.15, 0.2) is 0 Å². The molecule has 0 radical (unpaired) electrons. The molecule has 0 fully saturated rings. The molecule has 0 saturated heterocycles. The Morgan fingerprint density at radius 3 is 2.57 bits per heavy atom. The first kappa shape index (κ1) is 24.2. The van der Waals surface area contributed by atoms with Crippen molar-refractivity contribution in [2.75, 3.05) is 7.05 Å². The fourth-order valence-corrected chi connectivity index (χ4v) is 4.03. The number of benzene rings is 1. The van der Waals surface area contributed by atoms with Crippen LogP contribution < -0.4 is 15.1 Å². The van der Waals surface area contributed by atoms with Crippen molar-refractivity contribution < 1.29 is 22.0 Å². The normalized spacial score (nSPS) is 11.5. The SMILES string of the molecule is CCc1c(Cc2ccnc([N-]S(=O)(=O)NC)c2F)c(=O)oc2cc(Oc3ncccn3)c(C)cc12. The molecule has 0 amide bonds. The summed E-state index contributed by atoms with van der Waals surface area (Å²) in [5.74, 6) is -1.10. The summed E-state index contributed by atoms with van der Waals surface area (Å²) < 4.78 is 55.0. The number of pyridine rings is 1. The molecule has 0 atom stereocenters. The molecule has 0 spiro atoms. The minimum Gasteiger partial charge on any atom is -0.440 e. The summed E-state index contributed by atoms with van der Waals surface area (Å²) in [6.45, 7) is 3.71. The first-order valence-corrected chi connectivity index (χ1v) is 12.0. The predicted molar refractivity (Wildman–Crippen MR) is 127 cm³/mol. The van der Waals surface area contributed by atoms with Crippen LogP contribution >= 0.6 is 0 Å². The van der Waals surface area contributed by atoms with E-state index in [1.54, 1.807) is 24.5 Å². The van der Waals surface area contributed by atoms with Crippen LogP contribution in [0.15, 0.2) is 52.1 Å². The van der Waals surface area contributed by atoms with Gasteiger partial charge in [-0.1, -0.05) is 19.2 Å². The molecule has 0 unspecified atom stereocenters. The molecule has 182 valence electrons. The number of nitrogens with zero attached hydrogens (tertiary/aromatic N) is 4. The van der Waals surface area contributed by atoms with E-state index in [0.29, 0.717) is 28.7 Å². The second-order valence-electron chi connectivity index (χ2n) is 7.50. The first-order chi connectivity index (χ1) is 16.7. The van der Waals surface area contributed by atoms with Gasteiger partial charge in [0.25, 0.3) is 0 Å². The number of nitrogens with one attached hydrogen (secondary N) is 1.